The summed E-state index contributed by atoms with van der Waals surface area (Å²) < 4.78 is 16.5. The molecule has 0 saturated carbocycles. The first-order chi connectivity index (χ1) is 15.0. The number of methoxy groups -OCH3 is 3. The van der Waals surface area contributed by atoms with Crippen molar-refractivity contribution < 1.29 is 14.2 Å². The molecule has 2 aromatic heterocycles. The molecule has 0 bridgehead atoms. The number of fused-ring (bicyclic) bond motifs is 1. The first kappa shape index (κ1) is 20.4. The maximum Gasteiger partial charge on any atom is 0.203 e. The largest absolute Gasteiger partial charge is 0.493 e. The predicted octanol–water partition coefficient (Wildman–Crippen LogP) is 5.03. The minimum absolute atomic E-state index is 0.114. The Morgan fingerprint density at radius 1 is 0.968 bits per heavy atom. The van der Waals surface area contributed by atoms with Crippen LogP contribution in [0.4, 0.5) is 5.82 Å². The number of pyridine rings is 1. The first-order valence-electron chi connectivity index (χ1n) is 9.29. The average Bonchev–Trinajstić information content (AvgIpc) is 3.20. The zero-order valence-corrected chi connectivity index (χ0v) is 17.9. The van der Waals surface area contributed by atoms with Gasteiger partial charge in [-0.3, -0.25) is 0 Å². The van der Waals surface area contributed by atoms with Gasteiger partial charge in [-0.25, -0.2) is 4.98 Å². The Hall–Kier alpha value is -3.89. The van der Waals surface area contributed by atoms with Crippen molar-refractivity contribution in [1.82, 2.24) is 9.97 Å². The third kappa shape index (κ3) is 3.37. The maximum absolute atomic E-state index is 9.79. The lowest BCUT2D eigenvalue weighted by Gasteiger charge is -2.17. The predicted molar refractivity (Wildman–Crippen MR) is 121 cm³/mol. The molecule has 4 aromatic rings. The van der Waals surface area contributed by atoms with Gasteiger partial charge in [0.2, 0.25) is 5.75 Å². The second kappa shape index (κ2) is 8.09. The highest BCUT2D eigenvalue weighted by Crippen LogP contribution is 2.46. The van der Waals surface area contributed by atoms with Crippen molar-refractivity contribution in [3.05, 3.63) is 53.2 Å². The Labute approximate surface area is 183 Å². The fraction of sp³-hybridized carbons (Fsp3) is 0.130. The Balaban J connectivity index is 2.01. The summed E-state index contributed by atoms with van der Waals surface area (Å²) in [5.41, 5.74) is 9.96. The lowest BCUT2D eigenvalue weighted by Crippen LogP contribution is -2.02. The van der Waals surface area contributed by atoms with Crippen molar-refractivity contribution in [2.45, 2.75) is 0 Å². The minimum Gasteiger partial charge on any atom is -0.493 e. The summed E-state index contributed by atoms with van der Waals surface area (Å²) in [6, 6.07) is 13.1. The number of nitrogens with two attached hydrogens (primary N) is 1. The maximum atomic E-state index is 9.79. The van der Waals surface area contributed by atoms with Crippen LogP contribution in [0, 0.1) is 11.3 Å². The number of hydrogen-bond acceptors (Lipinski definition) is 6. The van der Waals surface area contributed by atoms with Gasteiger partial charge in [-0.2, -0.15) is 5.26 Å². The summed E-state index contributed by atoms with van der Waals surface area (Å²) in [5.74, 6) is 1.47. The lowest BCUT2D eigenvalue weighted by atomic mass is 9.97. The second-order valence-corrected chi connectivity index (χ2v) is 7.14. The van der Waals surface area contributed by atoms with Crippen LogP contribution in [-0.2, 0) is 0 Å². The summed E-state index contributed by atoms with van der Waals surface area (Å²) >= 11 is 6.20. The van der Waals surface area contributed by atoms with Crippen LogP contribution in [0.3, 0.4) is 0 Å². The van der Waals surface area contributed by atoms with E-state index in [9.17, 15) is 5.26 Å². The van der Waals surface area contributed by atoms with E-state index in [0.29, 0.717) is 39.1 Å². The normalized spacial score (nSPS) is 10.7. The molecule has 3 N–H and O–H groups in total. The molecule has 0 spiro atoms. The van der Waals surface area contributed by atoms with Gasteiger partial charge in [0.1, 0.15) is 17.5 Å². The molecule has 7 nitrogen and oxygen atoms in total. The molecular weight excluding hydrogens is 416 g/mol. The molecule has 0 radical (unpaired) electrons. The number of hydrogen-bond donors (Lipinski definition) is 2. The summed E-state index contributed by atoms with van der Waals surface area (Å²) in [7, 11) is 4.60. The fourth-order valence-electron chi connectivity index (χ4n) is 3.65. The summed E-state index contributed by atoms with van der Waals surface area (Å²) in [5, 5.41) is 11.3. The standard InChI is InChI=1S/C23H19ClN4O3/c1-29-20-7-5-13(21(30-2)22(20)31-3)14-9-19(28-23(26)16(14)10-25)17-11-27-18-6-4-12(24)8-15(17)18/h4-9,11,27H,1-3H3,(H2,26,28). The van der Waals surface area contributed by atoms with Gasteiger partial charge in [-0.15, -0.1) is 0 Å². The molecule has 0 fully saturated rings. The minimum atomic E-state index is 0.114. The molecule has 0 aliphatic heterocycles. The highest BCUT2D eigenvalue weighted by Gasteiger charge is 2.22. The van der Waals surface area contributed by atoms with Crippen LogP contribution >= 0.6 is 11.6 Å². The molecule has 0 amide bonds. The van der Waals surface area contributed by atoms with Gasteiger partial charge in [0.05, 0.1) is 27.0 Å². The molecular formula is C23H19ClN4O3. The Morgan fingerprint density at radius 3 is 2.42 bits per heavy atom. The zero-order chi connectivity index (χ0) is 22.1. The van der Waals surface area contributed by atoms with Crippen LogP contribution in [0.15, 0.2) is 42.6 Å². The van der Waals surface area contributed by atoms with Crippen molar-refractivity contribution in [1.29, 1.82) is 5.26 Å². The van der Waals surface area contributed by atoms with E-state index in [1.54, 1.807) is 19.2 Å². The van der Waals surface area contributed by atoms with Gasteiger partial charge in [0.25, 0.3) is 0 Å². The number of aromatic amines is 1. The number of nitriles is 1. The molecule has 0 aliphatic rings. The van der Waals surface area contributed by atoms with Crippen LogP contribution in [0.5, 0.6) is 17.2 Å². The lowest BCUT2D eigenvalue weighted by molar-refractivity contribution is 0.325. The van der Waals surface area contributed by atoms with E-state index in [0.717, 1.165) is 16.5 Å². The molecule has 2 aromatic carbocycles. The first-order valence-corrected chi connectivity index (χ1v) is 9.67. The highest BCUT2D eigenvalue weighted by molar-refractivity contribution is 6.31. The van der Waals surface area contributed by atoms with Crippen LogP contribution in [0.25, 0.3) is 33.3 Å². The van der Waals surface area contributed by atoms with Gasteiger partial charge in [-0.1, -0.05) is 11.6 Å². The average molecular weight is 435 g/mol. The third-order valence-corrected chi connectivity index (χ3v) is 5.31. The smallest absolute Gasteiger partial charge is 0.203 e. The highest BCUT2D eigenvalue weighted by atomic mass is 35.5. The molecule has 0 saturated heterocycles. The number of H-pyrrole nitrogens is 1. The Kier molecular flexibility index (Phi) is 5.32. The summed E-state index contributed by atoms with van der Waals surface area (Å²) in [6.45, 7) is 0. The number of nitrogen functional groups attached to an aromatic ring is 1. The van der Waals surface area contributed by atoms with E-state index < -0.39 is 0 Å². The van der Waals surface area contributed by atoms with E-state index in [4.69, 9.17) is 31.5 Å². The monoisotopic (exact) mass is 434 g/mol. The summed E-state index contributed by atoms with van der Waals surface area (Å²) in [4.78, 5) is 7.69. The van der Waals surface area contributed by atoms with Crippen LogP contribution in [0.2, 0.25) is 5.02 Å². The van der Waals surface area contributed by atoms with E-state index in [1.165, 1.54) is 14.2 Å². The van der Waals surface area contributed by atoms with Gasteiger partial charge in [0.15, 0.2) is 11.5 Å². The quantitative estimate of drug-likeness (QED) is 0.456. The number of ether oxygens (including phenoxy) is 3. The number of rotatable bonds is 5. The molecule has 156 valence electrons. The van der Waals surface area contributed by atoms with Gasteiger partial charge in [0, 0.05) is 38.8 Å². The van der Waals surface area contributed by atoms with E-state index in [-0.39, 0.29) is 11.4 Å². The molecule has 31 heavy (non-hydrogen) atoms. The Morgan fingerprint density at radius 2 is 1.74 bits per heavy atom. The Bertz CT molecular complexity index is 1340. The zero-order valence-electron chi connectivity index (χ0n) is 17.1. The van der Waals surface area contributed by atoms with Crippen LogP contribution in [0.1, 0.15) is 5.56 Å². The van der Waals surface area contributed by atoms with Crippen molar-refractivity contribution in [2.75, 3.05) is 27.1 Å². The molecule has 0 unspecified atom stereocenters. The van der Waals surface area contributed by atoms with Crippen LogP contribution < -0.4 is 19.9 Å². The topological polar surface area (TPSA) is 106 Å². The van der Waals surface area contributed by atoms with Gasteiger partial charge >= 0.3 is 0 Å². The van der Waals surface area contributed by atoms with Crippen molar-refractivity contribution in [3.63, 3.8) is 0 Å². The SMILES string of the molecule is COc1ccc(-c2cc(-c3c[nH]c4ccc(Cl)cc34)nc(N)c2C#N)c(OC)c1OC. The van der Waals surface area contributed by atoms with E-state index >= 15 is 0 Å². The molecule has 2 heterocycles. The van der Waals surface area contributed by atoms with Crippen molar-refractivity contribution in [3.8, 4) is 45.7 Å². The van der Waals surface area contributed by atoms with Crippen molar-refractivity contribution in [2.24, 2.45) is 0 Å². The fourth-order valence-corrected chi connectivity index (χ4v) is 3.82. The van der Waals surface area contributed by atoms with Crippen molar-refractivity contribution >= 4 is 28.3 Å². The van der Waals surface area contributed by atoms with Gasteiger partial charge < -0.3 is 24.9 Å². The third-order valence-electron chi connectivity index (χ3n) is 5.07. The number of nitrogens with one attached hydrogen (secondary N) is 1. The molecule has 0 atom stereocenters. The molecule has 0 aliphatic carbocycles. The second-order valence-electron chi connectivity index (χ2n) is 6.70. The number of benzene rings is 2. The number of halogens is 1. The number of nitrogens with zero attached hydrogens (tertiary/aromatic N) is 2. The van der Waals surface area contributed by atoms with E-state index in [1.807, 2.05) is 30.5 Å². The van der Waals surface area contributed by atoms with Crippen LogP contribution in [-0.4, -0.2) is 31.3 Å². The van der Waals surface area contributed by atoms with Gasteiger partial charge in [-0.05, 0) is 36.4 Å². The van der Waals surface area contributed by atoms with E-state index in [2.05, 4.69) is 16.0 Å². The number of aromatic nitrogens is 2. The number of anilines is 1. The molecule has 8 heteroatoms. The molecule has 4 rings (SSSR count). The summed E-state index contributed by atoms with van der Waals surface area (Å²) in [6.07, 6.45) is 1.84.